The van der Waals surface area contributed by atoms with Gasteiger partial charge in [-0.1, -0.05) is 42.5 Å². The van der Waals surface area contributed by atoms with Crippen LogP contribution in [0.25, 0.3) is 27.8 Å². The standard InChI is InChI=1S/C23H16N6O2/c24-21(30)16-11-25-22-18(12-26-29(22)13-16)23(31)27-17-8-6-15-7-9-19(28-20(15)10-17)14-4-2-1-3-5-14/h1-13H,(H2,24,30)(H,27,31). The molecule has 0 saturated heterocycles. The Morgan fingerprint density at radius 2 is 1.77 bits per heavy atom. The predicted octanol–water partition coefficient (Wildman–Crippen LogP) is 3.30. The van der Waals surface area contributed by atoms with Gasteiger partial charge >= 0.3 is 0 Å². The second-order valence-corrected chi connectivity index (χ2v) is 6.96. The van der Waals surface area contributed by atoms with Crippen LogP contribution in [0, 0.1) is 0 Å². The third kappa shape index (κ3) is 3.46. The van der Waals surface area contributed by atoms with Crippen LogP contribution >= 0.6 is 0 Å². The Morgan fingerprint density at radius 3 is 2.58 bits per heavy atom. The summed E-state index contributed by atoms with van der Waals surface area (Å²) in [5.74, 6) is -0.984. The largest absolute Gasteiger partial charge is 0.366 e. The minimum absolute atomic E-state index is 0.206. The maximum absolute atomic E-state index is 12.8. The highest BCUT2D eigenvalue weighted by Gasteiger charge is 2.16. The average molecular weight is 408 g/mol. The van der Waals surface area contributed by atoms with E-state index >= 15 is 0 Å². The minimum atomic E-state index is -0.616. The molecule has 0 aliphatic heterocycles. The van der Waals surface area contributed by atoms with Crippen molar-refractivity contribution in [3.63, 3.8) is 0 Å². The van der Waals surface area contributed by atoms with Crippen molar-refractivity contribution in [2.45, 2.75) is 0 Å². The van der Waals surface area contributed by atoms with Gasteiger partial charge in [0.25, 0.3) is 11.8 Å². The Balaban J connectivity index is 1.45. The Kier molecular flexibility index (Phi) is 4.37. The highest BCUT2D eigenvalue weighted by molar-refractivity contribution is 6.08. The molecule has 0 bridgehead atoms. The molecule has 31 heavy (non-hydrogen) atoms. The first-order chi connectivity index (χ1) is 15.1. The summed E-state index contributed by atoms with van der Waals surface area (Å²) < 4.78 is 1.35. The lowest BCUT2D eigenvalue weighted by Gasteiger charge is -2.07. The lowest BCUT2D eigenvalue weighted by atomic mass is 10.1. The van der Waals surface area contributed by atoms with Crippen LogP contribution in [0.5, 0.6) is 0 Å². The van der Waals surface area contributed by atoms with E-state index in [0.717, 1.165) is 22.2 Å². The number of rotatable bonds is 4. The molecule has 0 radical (unpaired) electrons. The number of amides is 2. The molecule has 2 aromatic carbocycles. The summed E-state index contributed by atoms with van der Waals surface area (Å²) in [4.78, 5) is 33.0. The van der Waals surface area contributed by atoms with Gasteiger partial charge in [-0.15, -0.1) is 0 Å². The Labute approximate surface area is 176 Å². The van der Waals surface area contributed by atoms with Crippen LogP contribution in [0.1, 0.15) is 20.7 Å². The number of primary amides is 1. The quantitative estimate of drug-likeness (QED) is 0.473. The van der Waals surface area contributed by atoms with E-state index in [4.69, 9.17) is 10.7 Å². The van der Waals surface area contributed by atoms with E-state index < -0.39 is 5.91 Å². The zero-order valence-corrected chi connectivity index (χ0v) is 16.2. The average Bonchev–Trinajstić information content (AvgIpc) is 3.22. The van der Waals surface area contributed by atoms with Gasteiger partial charge in [-0.05, 0) is 18.2 Å². The molecule has 0 fully saturated rings. The fourth-order valence-electron chi connectivity index (χ4n) is 3.33. The lowest BCUT2D eigenvalue weighted by Crippen LogP contribution is -2.14. The summed E-state index contributed by atoms with van der Waals surface area (Å²) in [6.45, 7) is 0. The van der Waals surface area contributed by atoms with Crippen molar-refractivity contribution in [1.82, 2.24) is 19.6 Å². The van der Waals surface area contributed by atoms with Gasteiger partial charge in [-0.25, -0.2) is 14.5 Å². The maximum Gasteiger partial charge on any atom is 0.261 e. The molecule has 3 heterocycles. The van der Waals surface area contributed by atoms with Gasteiger partial charge < -0.3 is 11.1 Å². The normalized spacial score (nSPS) is 11.0. The van der Waals surface area contributed by atoms with Crippen LogP contribution in [0.4, 0.5) is 5.69 Å². The summed E-state index contributed by atoms with van der Waals surface area (Å²) in [6, 6.07) is 19.4. The number of hydrogen-bond donors (Lipinski definition) is 2. The van der Waals surface area contributed by atoms with Crippen molar-refractivity contribution in [3.8, 4) is 11.3 Å². The third-order valence-corrected chi connectivity index (χ3v) is 4.91. The first-order valence-corrected chi connectivity index (χ1v) is 9.49. The smallest absolute Gasteiger partial charge is 0.261 e. The monoisotopic (exact) mass is 408 g/mol. The topological polar surface area (TPSA) is 115 Å². The number of fused-ring (bicyclic) bond motifs is 2. The van der Waals surface area contributed by atoms with Crippen molar-refractivity contribution in [1.29, 1.82) is 0 Å². The number of nitrogens with two attached hydrogens (primary N) is 1. The number of hydrogen-bond acceptors (Lipinski definition) is 5. The van der Waals surface area contributed by atoms with Gasteiger partial charge in [0.2, 0.25) is 0 Å². The van der Waals surface area contributed by atoms with E-state index in [-0.39, 0.29) is 17.0 Å². The zero-order valence-electron chi connectivity index (χ0n) is 16.2. The van der Waals surface area contributed by atoms with Crippen LogP contribution in [-0.2, 0) is 0 Å². The second kappa shape index (κ2) is 7.34. The number of carbonyl (C=O) groups is 2. The molecule has 0 atom stereocenters. The van der Waals surface area contributed by atoms with Crippen LogP contribution in [-0.4, -0.2) is 31.4 Å². The van der Waals surface area contributed by atoms with Gasteiger partial charge in [0, 0.05) is 29.0 Å². The van der Waals surface area contributed by atoms with Crippen LogP contribution in [0.15, 0.2) is 79.3 Å². The zero-order chi connectivity index (χ0) is 21.4. The van der Waals surface area contributed by atoms with Gasteiger partial charge in [0.1, 0.15) is 5.56 Å². The summed E-state index contributed by atoms with van der Waals surface area (Å²) in [5, 5.41) is 7.92. The first-order valence-electron chi connectivity index (χ1n) is 9.49. The predicted molar refractivity (Wildman–Crippen MR) is 117 cm³/mol. The Morgan fingerprint density at radius 1 is 0.968 bits per heavy atom. The van der Waals surface area contributed by atoms with E-state index in [1.807, 2.05) is 60.7 Å². The Hall–Kier alpha value is -4.59. The van der Waals surface area contributed by atoms with Crippen LogP contribution < -0.4 is 11.1 Å². The molecule has 8 nitrogen and oxygen atoms in total. The van der Waals surface area contributed by atoms with E-state index in [1.54, 1.807) is 0 Å². The molecule has 5 rings (SSSR count). The second-order valence-electron chi connectivity index (χ2n) is 6.96. The molecule has 0 aliphatic rings. The van der Waals surface area contributed by atoms with Gasteiger partial charge in [-0.3, -0.25) is 9.59 Å². The van der Waals surface area contributed by atoms with Crippen molar-refractivity contribution in [3.05, 3.63) is 90.4 Å². The molecule has 0 unspecified atom stereocenters. The SMILES string of the molecule is NC(=O)c1cnc2c(C(=O)Nc3ccc4ccc(-c5ccccc5)nc4c3)cnn2c1. The summed E-state index contributed by atoms with van der Waals surface area (Å²) >= 11 is 0. The highest BCUT2D eigenvalue weighted by Crippen LogP contribution is 2.23. The molecule has 0 aliphatic carbocycles. The Bertz CT molecular complexity index is 1460. The van der Waals surface area contributed by atoms with Gasteiger partial charge in [0.15, 0.2) is 5.65 Å². The number of benzene rings is 2. The number of nitrogens with zero attached hydrogens (tertiary/aromatic N) is 4. The lowest BCUT2D eigenvalue weighted by molar-refractivity contribution is 0.0997. The van der Waals surface area contributed by atoms with E-state index in [1.165, 1.54) is 23.1 Å². The van der Waals surface area contributed by atoms with Crippen molar-refractivity contribution in [2.75, 3.05) is 5.32 Å². The maximum atomic E-state index is 12.8. The number of pyridine rings is 1. The third-order valence-electron chi connectivity index (χ3n) is 4.91. The molecule has 0 saturated carbocycles. The molecular formula is C23H16N6O2. The molecule has 8 heteroatoms. The van der Waals surface area contributed by atoms with Crippen LogP contribution in [0.2, 0.25) is 0 Å². The first kappa shape index (κ1) is 18.4. The van der Waals surface area contributed by atoms with Crippen molar-refractivity contribution >= 4 is 34.1 Å². The van der Waals surface area contributed by atoms with E-state index in [0.29, 0.717) is 11.3 Å². The van der Waals surface area contributed by atoms with E-state index in [2.05, 4.69) is 15.4 Å². The molecule has 0 spiro atoms. The molecule has 3 aromatic heterocycles. The van der Waals surface area contributed by atoms with Crippen molar-refractivity contribution < 1.29 is 9.59 Å². The van der Waals surface area contributed by atoms with Gasteiger partial charge in [0.05, 0.1) is 23.0 Å². The molecule has 3 N–H and O–H groups in total. The van der Waals surface area contributed by atoms with Crippen LogP contribution in [0.3, 0.4) is 0 Å². The fourth-order valence-corrected chi connectivity index (χ4v) is 3.33. The molecular weight excluding hydrogens is 392 g/mol. The van der Waals surface area contributed by atoms with E-state index in [9.17, 15) is 9.59 Å². The molecule has 150 valence electrons. The summed E-state index contributed by atoms with van der Waals surface area (Å²) in [6.07, 6.45) is 4.16. The highest BCUT2D eigenvalue weighted by atomic mass is 16.2. The molecule has 5 aromatic rings. The minimum Gasteiger partial charge on any atom is -0.366 e. The van der Waals surface area contributed by atoms with Gasteiger partial charge in [-0.2, -0.15) is 5.10 Å². The van der Waals surface area contributed by atoms with Crippen molar-refractivity contribution in [2.24, 2.45) is 5.73 Å². The number of anilines is 1. The molecule has 2 amide bonds. The summed E-state index contributed by atoms with van der Waals surface area (Å²) in [7, 11) is 0. The summed E-state index contributed by atoms with van der Waals surface area (Å²) in [5.41, 5.74) is 9.32. The number of aromatic nitrogens is 4. The number of nitrogens with one attached hydrogen (secondary N) is 1. The number of carbonyl (C=O) groups excluding carboxylic acids is 2. The fraction of sp³-hybridized carbons (Fsp3) is 0.